The fourth-order valence-corrected chi connectivity index (χ4v) is 4.18. The number of likely N-dealkylation sites (tertiary alicyclic amines) is 1. The van der Waals surface area contributed by atoms with Crippen LogP contribution in [0.5, 0.6) is 0 Å². The number of rotatable bonds is 7. The molecule has 1 aromatic heterocycles. The van der Waals surface area contributed by atoms with E-state index >= 15 is 0 Å². The molecule has 1 saturated carbocycles. The number of amides is 1. The second-order valence-corrected chi connectivity index (χ2v) is 8.45. The van der Waals surface area contributed by atoms with Crippen molar-refractivity contribution in [2.45, 2.75) is 57.4 Å². The van der Waals surface area contributed by atoms with Crippen molar-refractivity contribution in [3.63, 3.8) is 0 Å². The number of halogens is 1. The van der Waals surface area contributed by atoms with Crippen LogP contribution >= 0.6 is 11.6 Å². The predicted molar refractivity (Wildman–Crippen MR) is 108 cm³/mol. The lowest BCUT2D eigenvalue weighted by Crippen LogP contribution is -2.38. The molecule has 0 bridgehead atoms. The molecule has 1 aromatic carbocycles. The first-order chi connectivity index (χ1) is 13.2. The molecule has 2 heterocycles. The summed E-state index contributed by atoms with van der Waals surface area (Å²) in [4.78, 5) is 19.2. The van der Waals surface area contributed by atoms with Crippen molar-refractivity contribution < 1.29 is 4.79 Å². The largest absolute Gasteiger partial charge is 0.343 e. The molecule has 2 fully saturated rings. The molecule has 4 rings (SSSR count). The van der Waals surface area contributed by atoms with Gasteiger partial charge in [-0.25, -0.2) is 4.98 Å². The van der Waals surface area contributed by atoms with E-state index in [4.69, 9.17) is 11.6 Å². The Hall–Kier alpha value is -1.81. The van der Waals surface area contributed by atoms with Crippen molar-refractivity contribution in [3.05, 3.63) is 53.1 Å². The Morgan fingerprint density at radius 1 is 1.11 bits per heavy atom. The normalized spacial score (nSPS) is 18.0. The van der Waals surface area contributed by atoms with Crippen LogP contribution in [-0.4, -0.2) is 33.4 Å². The molecular weight excluding hydrogens is 358 g/mol. The van der Waals surface area contributed by atoms with E-state index in [1.807, 2.05) is 35.4 Å². The summed E-state index contributed by atoms with van der Waals surface area (Å²) in [5.41, 5.74) is 1.24. The van der Waals surface area contributed by atoms with Crippen LogP contribution in [0.2, 0.25) is 5.02 Å². The van der Waals surface area contributed by atoms with Gasteiger partial charge in [0.2, 0.25) is 5.91 Å². The van der Waals surface area contributed by atoms with Gasteiger partial charge in [-0.1, -0.05) is 23.7 Å². The summed E-state index contributed by atoms with van der Waals surface area (Å²) in [6.07, 6.45) is 11.3. The number of benzene rings is 1. The van der Waals surface area contributed by atoms with Gasteiger partial charge >= 0.3 is 0 Å². The number of aryl methyl sites for hydroxylation is 1. The minimum atomic E-state index is 0.295. The Morgan fingerprint density at radius 2 is 1.85 bits per heavy atom. The second kappa shape index (κ2) is 8.47. The molecule has 0 atom stereocenters. The van der Waals surface area contributed by atoms with Gasteiger partial charge in [0.15, 0.2) is 0 Å². The fourth-order valence-electron chi connectivity index (χ4n) is 4.05. The summed E-state index contributed by atoms with van der Waals surface area (Å²) < 4.78 is 2.35. The molecule has 1 amide bonds. The number of nitrogens with zero attached hydrogens (tertiary/aromatic N) is 3. The molecule has 0 radical (unpaired) electrons. The number of carbonyl (C=O) groups excluding carboxylic acids is 1. The van der Waals surface area contributed by atoms with Crippen molar-refractivity contribution in [2.24, 2.45) is 5.92 Å². The maximum Gasteiger partial charge on any atom is 0.222 e. The molecule has 4 nitrogen and oxygen atoms in total. The van der Waals surface area contributed by atoms with Crippen molar-refractivity contribution >= 4 is 17.5 Å². The standard InChI is InChI=1S/C22H28ClN3O/c23-20-8-6-17(7-9-20)2-1-3-21(27)25-13-10-19(11-14-25)22-24-12-15-26(22)16-18-4-5-18/h6-9,12,15,18-19H,1-5,10-11,13-14,16H2. The number of carbonyl (C=O) groups is 1. The van der Waals surface area contributed by atoms with Gasteiger partial charge in [0, 0.05) is 49.4 Å². The Morgan fingerprint density at radius 3 is 2.56 bits per heavy atom. The number of aromatic nitrogens is 2. The smallest absolute Gasteiger partial charge is 0.222 e. The fraction of sp³-hybridized carbons (Fsp3) is 0.545. The van der Waals surface area contributed by atoms with Gasteiger partial charge in [-0.2, -0.15) is 0 Å². The van der Waals surface area contributed by atoms with Crippen LogP contribution in [-0.2, 0) is 17.8 Å². The molecule has 1 aliphatic carbocycles. The van der Waals surface area contributed by atoms with Gasteiger partial charge in [0.25, 0.3) is 0 Å². The lowest BCUT2D eigenvalue weighted by atomic mass is 9.95. The maximum atomic E-state index is 12.5. The lowest BCUT2D eigenvalue weighted by molar-refractivity contribution is -0.132. The number of hydrogen-bond acceptors (Lipinski definition) is 2. The number of imidazole rings is 1. The van der Waals surface area contributed by atoms with Crippen LogP contribution in [0, 0.1) is 5.92 Å². The van der Waals surface area contributed by atoms with Gasteiger partial charge in [-0.05, 0) is 62.1 Å². The van der Waals surface area contributed by atoms with Crippen LogP contribution in [0.15, 0.2) is 36.7 Å². The van der Waals surface area contributed by atoms with Crippen LogP contribution in [0.4, 0.5) is 0 Å². The molecule has 144 valence electrons. The van der Waals surface area contributed by atoms with E-state index in [0.717, 1.165) is 56.3 Å². The van der Waals surface area contributed by atoms with E-state index in [0.29, 0.717) is 18.2 Å². The molecule has 27 heavy (non-hydrogen) atoms. The summed E-state index contributed by atoms with van der Waals surface area (Å²) in [5, 5.41) is 0.760. The van der Waals surface area contributed by atoms with Crippen molar-refractivity contribution in [2.75, 3.05) is 13.1 Å². The summed E-state index contributed by atoms with van der Waals surface area (Å²) in [5.74, 6) is 2.89. The SMILES string of the molecule is O=C(CCCc1ccc(Cl)cc1)N1CCC(c2nccn2CC2CC2)CC1. The van der Waals surface area contributed by atoms with Gasteiger partial charge < -0.3 is 9.47 Å². The van der Waals surface area contributed by atoms with Gasteiger partial charge in [-0.3, -0.25) is 4.79 Å². The molecule has 0 spiro atoms. The highest BCUT2D eigenvalue weighted by Gasteiger charge is 2.28. The van der Waals surface area contributed by atoms with Crippen molar-refractivity contribution in [1.29, 1.82) is 0 Å². The third-order valence-corrected chi connectivity index (χ3v) is 6.13. The van der Waals surface area contributed by atoms with Crippen molar-refractivity contribution in [3.8, 4) is 0 Å². The summed E-state index contributed by atoms with van der Waals surface area (Å²) in [7, 11) is 0. The Bertz CT molecular complexity index is 758. The molecule has 0 N–H and O–H groups in total. The lowest BCUT2D eigenvalue weighted by Gasteiger charge is -2.32. The first-order valence-corrected chi connectivity index (χ1v) is 10.6. The van der Waals surface area contributed by atoms with Gasteiger partial charge in [0.05, 0.1) is 0 Å². The zero-order valence-electron chi connectivity index (χ0n) is 15.8. The first-order valence-electron chi connectivity index (χ1n) is 10.2. The average molecular weight is 386 g/mol. The third kappa shape index (κ3) is 4.92. The highest BCUT2D eigenvalue weighted by molar-refractivity contribution is 6.30. The second-order valence-electron chi connectivity index (χ2n) is 8.02. The number of piperidine rings is 1. The molecular formula is C22H28ClN3O. The van der Waals surface area contributed by atoms with Crippen molar-refractivity contribution in [1.82, 2.24) is 14.5 Å². The van der Waals surface area contributed by atoms with Crippen LogP contribution in [0.25, 0.3) is 0 Å². The van der Waals surface area contributed by atoms with E-state index in [2.05, 4.69) is 15.7 Å². The quantitative estimate of drug-likeness (QED) is 0.694. The summed E-state index contributed by atoms with van der Waals surface area (Å²) >= 11 is 5.92. The van der Waals surface area contributed by atoms with Crippen LogP contribution in [0.1, 0.15) is 55.8 Å². The summed E-state index contributed by atoms with van der Waals surface area (Å²) in [6.45, 7) is 2.85. The molecule has 2 aliphatic rings. The van der Waals surface area contributed by atoms with Crippen LogP contribution in [0.3, 0.4) is 0 Å². The van der Waals surface area contributed by atoms with Gasteiger partial charge in [-0.15, -0.1) is 0 Å². The highest BCUT2D eigenvalue weighted by Crippen LogP contribution is 2.33. The molecule has 2 aromatic rings. The monoisotopic (exact) mass is 385 g/mol. The molecule has 1 saturated heterocycles. The van der Waals surface area contributed by atoms with Gasteiger partial charge in [0.1, 0.15) is 5.82 Å². The molecule has 1 aliphatic heterocycles. The Kier molecular flexibility index (Phi) is 5.82. The Balaban J connectivity index is 1.22. The predicted octanol–water partition coefficient (Wildman–Crippen LogP) is 4.68. The molecule has 0 unspecified atom stereocenters. The minimum absolute atomic E-state index is 0.295. The first kappa shape index (κ1) is 18.5. The highest BCUT2D eigenvalue weighted by atomic mass is 35.5. The zero-order chi connectivity index (χ0) is 18.6. The van der Waals surface area contributed by atoms with Crippen LogP contribution < -0.4 is 0 Å². The third-order valence-electron chi connectivity index (χ3n) is 5.88. The van der Waals surface area contributed by atoms with E-state index in [1.54, 1.807) is 0 Å². The zero-order valence-corrected chi connectivity index (χ0v) is 16.6. The van der Waals surface area contributed by atoms with E-state index < -0.39 is 0 Å². The van der Waals surface area contributed by atoms with E-state index in [1.165, 1.54) is 24.2 Å². The topological polar surface area (TPSA) is 38.1 Å². The maximum absolute atomic E-state index is 12.5. The summed E-state index contributed by atoms with van der Waals surface area (Å²) in [6, 6.07) is 7.91. The molecule has 5 heteroatoms. The number of hydrogen-bond donors (Lipinski definition) is 0. The van der Waals surface area contributed by atoms with E-state index in [9.17, 15) is 4.79 Å². The Labute approximate surface area is 166 Å². The average Bonchev–Trinajstić information content (AvgIpc) is 3.38. The van der Waals surface area contributed by atoms with E-state index in [-0.39, 0.29) is 0 Å². The minimum Gasteiger partial charge on any atom is -0.343 e.